The number of Topliss-reactive ketones (excluding diaryl/α,β-unsaturated/α-hetero) is 1. The van der Waals surface area contributed by atoms with Crippen LogP contribution in [0.2, 0.25) is 0 Å². The average Bonchev–Trinajstić information content (AvgIpc) is 3.65. The summed E-state index contributed by atoms with van der Waals surface area (Å²) < 4.78 is 6.64. The molecule has 12 heteroatoms. The second-order valence-corrected chi connectivity index (χ2v) is 9.97. The lowest BCUT2D eigenvalue weighted by Gasteiger charge is -2.16. The minimum atomic E-state index is -1.05. The van der Waals surface area contributed by atoms with E-state index in [1.807, 2.05) is 19.1 Å². The Kier molecular flexibility index (Phi) is 6.18. The smallest absolute Gasteiger partial charge is 0.281 e. The molecule has 0 radical (unpaired) electrons. The zero-order valence-corrected chi connectivity index (χ0v) is 22.1. The first-order valence-electron chi connectivity index (χ1n) is 12.8. The molecule has 2 atom stereocenters. The molecule has 1 aliphatic carbocycles. The van der Waals surface area contributed by atoms with Crippen LogP contribution in [0.25, 0.3) is 5.78 Å². The van der Waals surface area contributed by atoms with Gasteiger partial charge in [0.05, 0.1) is 11.7 Å². The molecule has 0 fully saturated rings. The number of amides is 2. The number of aliphatic hydroxyl groups is 1. The molecule has 2 amide bonds. The predicted octanol–water partition coefficient (Wildman–Crippen LogP) is 2.09. The lowest BCUT2D eigenvalue weighted by molar-refractivity contribution is 0.000973. The van der Waals surface area contributed by atoms with Crippen molar-refractivity contribution in [1.29, 1.82) is 0 Å². The molecular formula is C28H27N7O5. The third-order valence-corrected chi connectivity index (χ3v) is 7.51. The summed E-state index contributed by atoms with van der Waals surface area (Å²) in [6, 6.07) is 10.2. The van der Waals surface area contributed by atoms with Gasteiger partial charge in [-0.15, -0.1) is 0 Å². The van der Waals surface area contributed by atoms with Crippen molar-refractivity contribution in [3.8, 4) is 5.75 Å². The number of fused-ring (bicyclic) bond motifs is 3. The highest BCUT2D eigenvalue weighted by atomic mass is 16.6. The van der Waals surface area contributed by atoms with E-state index >= 15 is 0 Å². The van der Waals surface area contributed by atoms with Gasteiger partial charge < -0.3 is 25.4 Å². The second kappa shape index (κ2) is 9.72. The SMILES string of the molecule is CC(=O)c1ccc2c(c1C)CC[C@@H]2NC(=O)c1cc(C(=O)NCc2ccc3c(c2)N(C)[C@H](O)O3)nc2ncnn12. The van der Waals surface area contributed by atoms with E-state index < -0.39 is 18.2 Å². The third-order valence-electron chi connectivity index (χ3n) is 7.51. The van der Waals surface area contributed by atoms with Crippen molar-refractivity contribution >= 4 is 29.1 Å². The molecule has 4 aromatic rings. The predicted molar refractivity (Wildman–Crippen MR) is 143 cm³/mol. The van der Waals surface area contributed by atoms with E-state index in [4.69, 9.17) is 4.74 Å². The first kappa shape index (κ1) is 25.4. The number of carbonyl (C=O) groups excluding carboxylic acids is 3. The monoisotopic (exact) mass is 541 g/mol. The third kappa shape index (κ3) is 4.31. The number of anilines is 1. The van der Waals surface area contributed by atoms with Crippen molar-refractivity contribution in [3.63, 3.8) is 0 Å². The van der Waals surface area contributed by atoms with Gasteiger partial charge in [-0.2, -0.15) is 14.6 Å². The molecule has 0 saturated heterocycles. The van der Waals surface area contributed by atoms with Gasteiger partial charge in [-0.1, -0.05) is 18.2 Å². The molecule has 0 bridgehead atoms. The minimum absolute atomic E-state index is 0.0141. The summed E-state index contributed by atoms with van der Waals surface area (Å²) in [6.45, 7) is 3.68. The molecular weight excluding hydrogens is 514 g/mol. The van der Waals surface area contributed by atoms with Crippen molar-refractivity contribution in [2.24, 2.45) is 0 Å². The number of nitrogens with zero attached hydrogens (tertiary/aromatic N) is 5. The Bertz CT molecular complexity index is 1700. The Morgan fingerprint density at radius 1 is 1.15 bits per heavy atom. The Morgan fingerprint density at radius 3 is 2.77 bits per heavy atom. The van der Waals surface area contributed by atoms with E-state index in [0.717, 1.165) is 28.7 Å². The normalized spacial score (nSPS) is 17.4. The van der Waals surface area contributed by atoms with Crippen LogP contribution in [0.15, 0.2) is 42.7 Å². The van der Waals surface area contributed by atoms with Crippen LogP contribution in [-0.2, 0) is 13.0 Å². The quantitative estimate of drug-likeness (QED) is 0.312. The van der Waals surface area contributed by atoms with Gasteiger partial charge in [0.2, 0.25) is 0 Å². The highest BCUT2D eigenvalue weighted by Gasteiger charge is 2.29. The number of ether oxygens (including phenoxy) is 1. The van der Waals surface area contributed by atoms with Gasteiger partial charge in [0.15, 0.2) is 5.78 Å². The fourth-order valence-electron chi connectivity index (χ4n) is 5.37. The van der Waals surface area contributed by atoms with Crippen molar-refractivity contribution < 1.29 is 24.2 Å². The fourth-order valence-corrected chi connectivity index (χ4v) is 5.37. The van der Waals surface area contributed by atoms with E-state index in [-0.39, 0.29) is 35.5 Å². The topological polar surface area (TPSA) is 151 Å². The molecule has 0 unspecified atom stereocenters. The standard InChI is InChI=1S/C28H27N7O5/c1-14-17(15(2)36)5-6-19-18(14)7-8-20(19)32-26(38)23-11-21(33-27-30-13-31-35(23)27)25(37)29-12-16-4-9-24-22(10-16)34(3)28(39)40-24/h4-6,9-11,13,20,28,39H,7-8,12H2,1-3H3,(H,29,37)(H,32,38)/t20-,28+/m0/s1. The van der Waals surface area contributed by atoms with Crippen LogP contribution in [-0.4, -0.2) is 55.7 Å². The lowest BCUT2D eigenvalue weighted by Crippen LogP contribution is -2.31. The maximum absolute atomic E-state index is 13.5. The fraction of sp³-hybridized carbons (Fsp3) is 0.286. The van der Waals surface area contributed by atoms with Gasteiger partial charge in [-0.05, 0) is 61.1 Å². The highest BCUT2D eigenvalue weighted by molar-refractivity contribution is 5.98. The van der Waals surface area contributed by atoms with E-state index in [9.17, 15) is 19.5 Å². The van der Waals surface area contributed by atoms with Crippen molar-refractivity contribution in [3.05, 3.63) is 81.9 Å². The number of benzene rings is 2. The van der Waals surface area contributed by atoms with Crippen LogP contribution in [0, 0.1) is 6.92 Å². The van der Waals surface area contributed by atoms with E-state index in [1.165, 1.54) is 16.9 Å². The summed E-state index contributed by atoms with van der Waals surface area (Å²) in [4.78, 5) is 48.4. The summed E-state index contributed by atoms with van der Waals surface area (Å²) in [5.74, 6) is -0.210. The molecule has 2 aromatic carbocycles. The van der Waals surface area contributed by atoms with Gasteiger partial charge in [0, 0.05) is 25.2 Å². The zero-order valence-electron chi connectivity index (χ0n) is 22.1. The molecule has 40 heavy (non-hydrogen) atoms. The Hall–Kier alpha value is -4.84. The maximum atomic E-state index is 13.5. The van der Waals surface area contributed by atoms with Crippen LogP contribution >= 0.6 is 0 Å². The Labute approximate surface area is 229 Å². The molecule has 3 heterocycles. The minimum Gasteiger partial charge on any atom is -0.445 e. The maximum Gasteiger partial charge on any atom is 0.281 e. The van der Waals surface area contributed by atoms with Gasteiger partial charge in [-0.3, -0.25) is 14.4 Å². The van der Waals surface area contributed by atoms with Crippen molar-refractivity contribution in [2.45, 2.75) is 45.7 Å². The van der Waals surface area contributed by atoms with Gasteiger partial charge in [0.1, 0.15) is 23.5 Å². The molecule has 12 nitrogen and oxygen atoms in total. The number of nitrogens with one attached hydrogen (secondary N) is 2. The van der Waals surface area contributed by atoms with Crippen molar-refractivity contribution in [1.82, 2.24) is 30.2 Å². The number of carbonyl (C=O) groups is 3. The van der Waals surface area contributed by atoms with Crippen LogP contribution in [0.5, 0.6) is 5.75 Å². The summed E-state index contributed by atoms with van der Waals surface area (Å²) >= 11 is 0. The number of ketones is 1. The van der Waals surface area contributed by atoms with Crippen LogP contribution in [0.1, 0.15) is 73.0 Å². The molecule has 0 spiro atoms. The molecule has 3 N–H and O–H groups in total. The molecule has 2 aromatic heterocycles. The first-order chi connectivity index (χ1) is 19.2. The van der Waals surface area contributed by atoms with E-state index in [1.54, 1.807) is 37.1 Å². The van der Waals surface area contributed by atoms with Crippen LogP contribution in [0.4, 0.5) is 5.69 Å². The summed E-state index contributed by atoms with van der Waals surface area (Å²) in [6.07, 6.45) is 1.67. The Morgan fingerprint density at radius 2 is 1.98 bits per heavy atom. The average molecular weight is 542 g/mol. The number of aromatic nitrogens is 4. The first-order valence-corrected chi connectivity index (χ1v) is 12.8. The number of aliphatic hydroxyl groups excluding tert-OH is 1. The number of hydrogen-bond acceptors (Lipinski definition) is 9. The molecule has 1 aliphatic heterocycles. The molecule has 2 aliphatic rings. The van der Waals surface area contributed by atoms with Gasteiger partial charge >= 0.3 is 0 Å². The molecule has 6 rings (SSSR count). The zero-order chi connectivity index (χ0) is 28.1. The summed E-state index contributed by atoms with van der Waals surface area (Å²) in [7, 11) is 1.71. The highest BCUT2D eigenvalue weighted by Crippen LogP contribution is 2.36. The van der Waals surface area contributed by atoms with E-state index in [2.05, 4.69) is 25.7 Å². The molecule has 204 valence electrons. The number of rotatable bonds is 6. The molecule has 0 saturated carbocycles. The Balaban J connectivity index is 1.21. The number of hydrogen-bond donors (Lipinski definition) is 3. The van der Waals surface area contributed by atoms with Crippen LogP contribution < -0.4 is 20.3 Å². The summed E-state index contributed by atoms with van der Waals surface area (Å²) in [5, 5.41) is 19.9. The van der Waals surface area contributed by atoms with Gasteiger partial charge in [-0.25, -0.2) is 4.98 Å². The van der Waals surface area contributed by atoms with Crippen LogP contribution in [0.3, 0.4) is 0 Å². The van der Waals surface area contributed by atoms with E-state index in [0.29, 0.717) is 23.4 Å². The summed E-state index contributed by atoms with van der Waals surface area (Å²) in [5.41, 5.74) is 5.36. The van der Waals surface area contributed by atoms with Crippen molar-refractivity contribution in [2.75, 3.05) is 11.9 Å². The second-order valence-electron chi connectivity index (χ2n) is 9.97. The lowest BCUT2D eigenvalue weighted by atomic mass is 9.96. The van der Waals surface area contributed by atoms with Gasteiger partial charge in [0.25, 0.3) is 24.0 Å². The largest absolute Gasteiger partial charge is 0.445 e.